The molecule has 0 radical (unpaired) electrons. The predicted molar refractivity (Wildman–Crippen MR) is 79.8 cm³/mol. The minimum atomic E-state index is -0.979. The Bertz CT molecular complexity index is 637. The van der Waals surface area contributed by atoms with Crippen LogP contribution in [0.3, 0.4) is 0 Å². The minimum Gasteiger partial charge on any atom is -0.481 e. The van der Waals surface area contributed by atoms with Gasteiger partial charge in [0.05, 0.1) is 18.4 Å². The van der Waals surface area contributed by atoms with Gasteiger partial charge < -0.3 is 15.2 Å². The lowest BCUT2D eigenvalue weighted by Crippen LogP contribution is -2.17. The number of aromatic nitrogens is 1. The fourth-order valence-corrected chi connectivity index (χ4v) is 3.41. The van der Waals surface area contributed by atoms with E-state index in [-0.39, 0.29) is 23.3 Å². The highest BCUT2D eigenvalue weighted by Gasteiger charge is 2.66. The summed E-state index contributed by atoms with van der Waals surface area (Å²) in [5, 5.41) is 12.0. The summed E-state index contributed by atoms with van der Waals surface area (Å²) in [6, 6.07) is 0. The largest absolute Gasteiger partial charge is 0.481 e. The number of esters is 1. The summed E-state index contributed by atoms with van der Waals surface area (Å²) in [7, 11) is 0. The predicted octanol–water partition coefficient (Wildman–Crippen LogP) is 1.92. The zero-order chi connectivity index (χ0) is 16.7. The Kier molecular flexibility index (Phi) is 4.23. The molecule has 1 aromatic heterocycles. The van der Waals surface area contributed by atoms with Gasteiger partial charge in [-0.1, -0.05) is 13.8 Å². The Morgan fingerprint density at radius 1 is 1.36 bits per heavy atom. The van der Waals surface area contributed by atoms with Crippen molar-refractivity contribution in [3.63, 3.8) is 0 Å². The van der Waals surface area contributed by atoms with Gasteiger partial charge in [0.2, 0.25) is 5.91 Å². The van der Waals surface area contributed by atoms with Crippen LogP contribution in [-0.4, -0.2) is 34.5 Å². The summed E-state index contributed by atoms with van der Waals surface area (Å²) in [6.07, 6.45) is 0. The average Bonchev–Trinajstić information content (AvgIpc) is 2.80. The van der Waals surface area contributed by atoms with E-state index in [9.17, 15) is 14.4 Å². The van der Waals surface area contributed by atoms with Crippen LogP contribution in [0.1, 0.15) is 36.1 Å². The fraction of sp³-hybridized carbons (Fsp3) is 0.571. The number of rotatable bonds is 5. The van der Waals surface area contributed by atoms with Gasteiger partial charge in [-0.2, -0.15) is 0 Å². The third-order valence-electron chi connectivity index (χ3n) is 3.87. The second kappa shape index (κ2) is 5.68. The van der Waals surface area contributed by atoms with Crippen molar-refractivity contribution in [3.8, 4) is 0 Å². The molecular weight excluding hydrogens is 308 g/mol. The van der Waals surface area contributed by atoms with Gasteiger partial charge in [-0.3, -0.25) is 9.59 Å². The number of anilines is 1. The first-order valence-corrected chi connectivity index (χ1v) is 7.70. The van der Waals surface area contributed by atoms with Crippen molar-refractivity contribution >= 4 is 34.3 Å². The molecule has 1 heterocycles. The number of carboxylic acid groups (broad SMARTS) is 1. The normalized spacial score (nSPS) is 22.0. The zero-order valence-electron chi connectivity index (χ0n) is 12.8. The van der Waals surface area contributed by atoms with E-state index in [1.165, 1.54) is 0 Å². The molecular formula is C14H18N2O5S. The maximum atomic E-state index is 12.2. The topological polar surface area (TPSA) is 106 Å². The zero-order valence-corrected chi connectivity index (χ0v) is 13.6. The van der Waals surface area contributed by atoms with Crippen LogP contribution in [0.5, 0.6) is 0 Å². The highest BCUT2D eigenvalue weighted by molar-refractivity contribution is 7.16. The number of thiazole rings is 1. The van der Waals surface area contributed by atoms with E-state index in [0.717, 1.165) is 11.3 Å². The van der Waals surface area contributed by atoms with Gasteiger partial charge in [0, 0.05) is 4.88 Å². The maximum Gasteiger partial charge on any atom is 0.358 e. The lowest BCUT2D eigenvalue weighted by molar-refractivity contribution is -0.140. The van der Waals surface area contributed by atoms with Gasteiger partial charge in [0.25, 0.3) is 0 Å². The second-order valence-corrected chi connectivity index (χ2v) is 6.95. The lowest BCUT2D eigenvalue weighted by Gasteiger charge is -2.02. The van der Waals surface area contributed by atoms with E-state index in [1.54, 1.807) is 27.7 Å². The Balaban J connectivity index is 2.09. The van der Waals surface area contributed by atoms with Crippen LogP contribution in [-0.2, 0) is 14.3 Å². The molecule has 1 saturated carbocycles. The fourth-order valence-electron chi connectivity index (χ4n) is 2.61. The molecule has 0 aromatic carbocycles. The first-order chi connectivity index (χ1) is 10.2. The van der Waals surface area contributed by atoms with Gasteiger partial charge in [-0.05, 0) is 19.3 Å². The first-order valence-electron chi connectivity index (χ1n) is 6.88. The number of aryl methyl sites for hydroxylation is 1. The van der Waals surface area contributed by atoms with Crippen LogP contribution < -0.4 is 5.32 Å². The number of aliphatic carboxylic acids is 1. The Hall–Kier alpha value is -1.96. The molecule has 0 bridgehead atoms. The molecule has 7 nitrogen and oxygen atoms in total. The summed E-state index contributed by atoms with van der Waals surface area (Å²) in [5.41, 5.74) is -0.404. The molecule has 2 atom stereocenters. The number of carboxylic acids is 1. The average molecular weight is 326 g/mol. The highest BCUT2D eigenvalue weighted by atomic mass is 32.1. The molecule has 1 aliphatic rings. The number of amides is 1. The third kappa shape index (κ3) is 2.83. The van der Waals surface area contributed by atoms with Crippen molar-refractivity contribution in [2.75, 3.05) is 11.9 Å². The third-order valence-corrected chi connectivity index (χ3v) is 4.76. The number of carbonyl (C=O) groups excluding carboxylic acids is 2. The van der Waals surface area contributed by atoms with Crippen LogP contribution in [0.15, 0.2) is 0 Å². The van der Waals surface area contributed by atoms with E-state index in [2.05, 4.69) is 10.3 Å². The van der Waals surface area contributed by atoms with Gasteiger partial charge in [0.15, 0.2) is 10.8 Å². The van der Waals surface area contributed by atoms with Crippen molar-refractivity contribution in [1.82, 2.24) is 4.98 Å². The molecule has 2 N–H and O–H groups in total. The molecule has 120 valence electrons. The number of nitrogens with one attached hydrogen (secondary N) is 1. The first kappa shape index (κ1) is 16.4. The molecule has 2 rings (SSSR count). The van der Waals surface area contributed by atoms with Crippen molar-refractivity contribution in [3.05, 3.63) is 10.6 Å². The quantitative estimate of drug-likeness (QED) is 0.801. The van der Waals surface area contributed by atoms with Crippen LogP contribution >= 0.6 is 11.3 Å². The Labute approximate surface area is 131 Å². The van der Waals surface area contributed by atoms with E-state index in [1.807, 2.05) is 0 Å². The van der Waals surface area contributed by atoms with Crippen molar-refractivity contribution < 1.29 is 24.2 Å². The summed E-state index contributed by atoms with van der Waals surface area (Å²) in [6.45, 7) is 7.14. The molecule has 1 fully saturated rings. The maximum absolute atomic E-state index is 12.2. The van der Waals surface area contributed by atoms with Gasteiger partial charge >= 0.3 is 11.9 Å². The van der Waals surface area contributed by atoms with Crippen LogP contribution in [0, 0.1) is 24.2 Å². The van der Waals surface area contributed by atoms with E-state index in [4.69, 9.17) is 9.84 Å². The van der Waals surface area contributed by atoms with Crippen molar-refractivity contribution in [2.24, 2.45) is 17.3 Å². The van der Waals surface area contributed by atoms with Crippen molar-refractivity contribution in [2.45, 2.75) is 27.7 Å². The number of ether oxygens (including phenoxy) is 1. The SMILES string of the molecule is CCOC(=O)c1nc(NC(=O)[C@H]2[C@@H](C(=O)O)C2(C)C)sc1C. The van der Waals surface area contributed by atoms with Crippen LogP contribution in [0.2, 0.25) is 0 Å². The molecule has 22 heavy (non-hydrogen) atoms. The minimum absolute atomic E-state index is 0.173. The molecule has 0 saturated heterocycles. The highest BCUT2D eigenvalue weighted by Crippen LogP contribution is 2.58. The summed E-state index contributed by atoms with van der Waals surface area (Å²) < 4.78 is 4.88. The van der Waals surface area contributed by atoms with E-state index in [0.29, 0.717) is 4.88 Å². The summed E-state index contributed by atoms with van der Waals surface area (Å²) in [5.74, 6) is -3.19. The lowest BCUT2D eigenvalue weighted by atomic mass is 10.1. The monoisotopic (exact) mass is 326 g/mol. The smallest absolute Gasteiger partial charge is 0.358 e. The van der Waals surface area contributed by atoms with Crippen LogP contribution in [0.25, 0.3) is 0 Å². The molecule has 0 unspecified atom stereocenters. The Morgan fingerprint density at radius 2 is 2.00 bits per heavy atom. The molecule has 0 spiro atoms. The van der Waals surface area contributed by atoms with E-state index < -0.39 is 29.2 Å². The molecule has 1 amide bonds. The number of hydrogen-bond acceptors (Lipinski definition) is 6. The molecule has 0 aliphatic heterocycles. The van der Waals surface area contributed by atoms with Gasteiger partial charge in [0.1, 0.15) is 0 Å². The Morgan fingerprint density at radius 3 is 2.50 bits per heavy atom. The number of carbonyl (C=O) groups is 3. The van der Waals surface area contributed by atoms with Gasteiger partial charge in [-0.15, -0.1) is 11.3 Å². The van der Waals surface area contributed by atoms with E-state index >= 15 is 0 Å². The molecule has 8 heteroatoms. The van der Waals surface area contributed by atoms with Gasteiger partial charge in [-0.25, -0.2) is 9.78 Å². The van der Waals surface area contributed by atoms with Crippen LogP contribution in [0.4, 0.5) is 5.13 Å². The molecule has 1 aromatic rings. The van der Waals surface area contributed by atoms with Crippen molar-refractivity contribution in [1.29, 1.82) is 0 Å². The second-order valence-electron chi connectivity index (χ2n) is 5.75. The number of hydrogen-bond donors (Lipinski definition) is 2. The summed E-state index contributed by atoms with van der Waals surface area (Å²) in [4.78, 5) is 39.7. The summed E-state index contributed by atoms with van der Waals surface area (Å²) >= 11 is 1.16. The number of nitrogens with zero attached hydrogens (tertiary/aromatic N) is 1. The standard InChI is InChI=1S/C14H18N2O5S/c1-5-21-12(20)9-6(2)22-13(15-9)16-10(17)7-8(11(18)19)14(7,3)4/h7-8H,5H2,1-4H3,(H,18,19)(H,15,16,17)/t7-,8+/m1/s1. The molecule has 1 aliphatic carbocycles.